The highest BCUT2D eigenvalue weighted by molar-refractivity contribution is 4.80. The lowest BCUT2D eigenvalue weighted by molar-refractivity contribution is 0.144. The number of nitrogens with two attached hydrogens (primary N) is 1. The number of piperidine rings is 2. The smallest absolute Gasteiger partial charge is 0.00219 e. The molecule has 0 aromatic carbocycles. The lowest BCUT2D eigenvalue weighted by atomic mass is 9.89. The van der Waals surface area contributed by atoms with Crippen molar-refractivity contribution in [3.05, 3.63) is 0 Å². The number of hydrogen-bond acceptors (Lipinski definition) is 3. The van der Waals surface area contributed by atoms with Gasteiger partial charge in [0, 0.05) is 6.54 Å². The molecular formula is C13H27N3. The van der Waals surface area contributed by atoms with Gasteiger partial charge in [-0.1, -0.05) is 6.92 Å². The van der Waals surface area contributed by atoms with Crippen LogP contribution in [-0.4, -0.2) is 44.2 Å². The summed E-state index contributed by atoms with van der Waals surface area (Å²) >= 11 is 0. The first-order chi connectivity index (χ1) is 7.78. The third kappa shape index (κ3) is 3.44. The Morgan fingerprint density at radius 2 is 1.88 bits per heavy atom. The summed E-state index contributed by atoms with van der Waals surface area (Å²) in [6, 6.07) is 0. The van der Waals surface area contributed by atoms with E-state index in [0.29, 0.717) is 5.92 Å². The zero-order chi connectivity index (χ0) is 11.4. The largest absolute Gasteiger partial charge is 0.330 e. The summed E-state index contributed by atoms with van der Waals surface area (Å²) in [5.74, 6) is 2.48. The molecule has 0 aromatic rings. The summed E-state index contributed by atoms with van der Waals surface area (Å²) < 4.78 is 0. The van der Waals surface area contributed by atoms with Gasteiger partial charge in [-0.3, -0.25) is 0 Å². The molecule has 2 unspecified atom stereocenters. The van der Waals surface area contributed by atoms with E-state index in [0.717, 1.165) is 24.9 Å². The van der Waals surface area contributed by atoms with E-state index in [2.05, 4.69) is 17.1 Å². The Morgan fingerprint density at radius 3 is 2.56 bits per heavy atom. The van der Waals surface area contributed by atoms with E-state index in [1.165, 1.54) is 45.4 Å². The van der Waals surface area contributed by atoms with Gasteiger partial charge in [0.15, 0.2) is 0 Å². The van der Waals surface area contributed by atoms with Crippen molar-refractivity contribution < 1.29 is 0 Å². The maximum absolute atomic E-state index is 5.76. The number of nitrogens with zero attached hydrogens (tertiary/aromatic N) is 1. The molecule has 3 heteroatoms. The van der Waals surface area contributed by atoms with E-state index in [9.17, 15) is 0 Å². The fourth-order valence-corrected chi connectivity index (χ4v) is 3.06. The molecule has 2 heterocycles. The third-order valence-corrected chi connectivity index (χ3v) is 4.26. The first-order valence-electron chi connectivity index (χ1n) is 6.91. The topological polar surface area (TPSA) is 41.3 Å². The Bertz CT molecular complexity index is 199. The first-order valence-corrected chi connectivity index (χ1v) is 6.91. The number of rotatable bonds is 3. The second kappa shape index (κ2) is 5.99. The summed E-state index contributed by atoms with van der Waals surface area (Å²) in [4.78, 5) is 2.66. The minimum Gasteiger partial charge on any atom is -0.330 e. The summed E-state index contributed by atoms with van der Waals surface area (Å²) in [6.45, 7) is 9.46. The molecule has 0 bridgehead atoms. The number of hydrogen-bond donors (Lipinski definition) is 2. The Kier molecular flexibility index (Phi) is 4.62. The van der Waals surface area contributed by atoms with E-state index in [1.807, 2.05) is 0 Å². The summed E-state index contributed by atoms with van der Waals surface area (Å²) in [5, 5.41) is 3.53. The quantitative estimate of drug-likeness (QED) is 0.750. The van der Waals surface area contributed by atoms with Gasteiger partial charge in [0.1, 0.15) is 0 Å². The van der Waals surface area contributed by atoms with Crippen LogP contribution in [-0.2, 0) is 0 Å². The molecule has 2 aliphatic rings. The van der Waals surface area contributed by atoms with Crippen LogP contribution in [0.2, 0.25) is 0 Å². The molecule has 0 aromatic heterocycles. The standard InChI is InChI=1S/C13H27N3/c1-11-2-4-16(5-3-11)10-13-6-12(7-14)8-15-9-13/h11-13,15H,2-10,14H2,1H3. The van der Waals surface area contributed by atoms with Crippen molar-refractivity contribution in [2.24, 2.45) is 23.5 Å². The molecule has 0 saturated carbocycles. The molecule has 2 fully saturated rings. The predicted octanol–water partition coefficient (Wildman–Crippen LogP) is 0.903. The van der Waals surface area contributed by atoms with Crippen LogP contribution in [0.4, 0.5) is 0 Å². The van der Waals surface area contributed by atoms with Crippen LogP contribution >= 0.6 is 0 Å². The van der Waals surface area contributed by atoms with Crippen LogP contribution in [0, 0.1) is 17.8 Å². The van der Waals surface area contributed by atoms with Gasteiger partial charge in [0.25, 0.3) is 0 Å². The van der Waals surface area contributed by atoms with Crippen LogP contribution in [0.5, 0.6) is 0 Å². The van der Waals surface area contributed by atoms with E-state index >= 15 is 0 Å². The summed E-state index contributed by atoms with van der Waals surface area (Å²) in [7, 11) is 0. The Balaban J connectivity index is 1.72. The molecule has 0 aliphatic carbocycles. The SMILES string of the molecule is CC1CCN(CC2CNCC(CN)C2)CC1. The lowest BCUT2D eigenvalue weighted by Gasteiger charge is -2.36. The normalized spacial score (nSPS) is 34.1. The highest BCUT2D eigenvalue weighted by Gasteiger charge is 2.24. The first kappa shape index (κ1) is 12.3. The van der Waals surface area contributed by atoms with E-state index in [-0.39, 0.29) is 0 Å². The van der Waals surface area contributed by atoms with Gasteiger partial charge in [-0.2, -0.15) is 0 Å². The highest BCUT2D eigenvalue weighted by Crippen LogP contribution is 2.21. The second-order valence-electron chi connectivity index (χ2n) is 5.84. The van der Waals surface area contributed by atoms with E-state index < -0.39 is 0 Å². The maximum Gasteiger partial charge on any atom is 0.00219 e. The van der Waals surface area contributed by atoms with Gasteiger partial charge in [-0.15, -0.1) is 0 Å². The molecule has 0 radical (unpaired) electrons. The molecule has 0 spiro atoms. The van der Waals surface area contributed by atoms with Crippen LogP contribution in [0.25, 0.3) is 0 Å². The zero-order valence-corrected chi connectivity index (χ0v) is 10.6. The zero-order valence-electron chi connectivity index (χ0n) is 10.6. The Morgan fingerprint density at radius 1 is 1.19 bits per heavy atom. The molecule has 94 valence electrons. The average molecular weight is 225 g/mol. The van der Waals surface area contributed by atoms with Crippen molar-refractivity contribution in [2.45, 2.75) is 26.2 Å². The lowest BCUT2D eigenvalue weighted by Crippen LogP contribution is -2.45. The molecule has 2 saturated heterocycles. The Labute approximate surface area is 99.8 Å². The molecule has 2 aliphatic heterocycles. The summed E-state index contributed by atoms with van der Waals surface area (Å²) in [6.07, 6.45) is 4.11. The molecule has 0 amide bonds. The summed E-state index contributed by atoms with van der Waals surface area (Å²) in [5.41, 5.74) is 5.76. The van der Waals surface area contributed by atoms with E-state index in [4.69, 9.17) is 5.73 Å². The number of likely N-dealkylation sites (tertiary alicyclic amines) is 1. The molecular weight excluding hydrogens is 198 g/mol. The Hall–Kier alpha value is -0.120. The van der Waals surface area contributed by atoms with Crippen LogP contribution < -0.4 is 11.1 Å². The highest BCUT2D eigenvalue weighted by atomic mass is 15.1. The molecule has 3 N–H and O–H groups in total. The monoisotopic (exact) mass is 225 g/mol. The second-order valence-corrected chi connectivity index (χ2v) is 5.84. The van der Waals surface area contributed by atoms with Gasteiger partial charge in [-0.05, 0) is 69.7 Å². The van der Waals surface area contributed by atoms with Gasteiger partial charge in [0.2, 0.25) is 0 Å². The van der Waals surface area contributed by atoms with Crippen molar-refractivity contribution in [1.29, 1.82) is 0 Å². The van der Waals surface area contributed by atoms with Crippen molar-refractivity contribution >= 4 is 0 Å². The van der Waals surface area contributed by atoms with E-state index in [1.54, 1.807) is 0 Å². The van der Waals surface area contributed by atoms with Crippen LogP contribution in [0.3, 0.4) is 0 Å². The third-order valence-electron chi connectivity index (χ3n) is 4.26. The maximum atomic E-state index is 5.76. The van der Waals surface area contributed by atoms with Crippen LogP contribution in [0.1, 0.15) is 26.2 Å². The predicted molar refractivity (Wildman–Crippen MR) is 68.4 cm³/mol. The van der Waals surface area contributed by atoms with Crippen LogP contribution in [0.15, 0.2) is 0 Å². The molecule has 3 nitrogen and oxygen atoms in total. The van der Waals surface area contributed by atoms with Crippen molar-refractivity contribution in [2.75, 3.05) is 39.3 Å². The van der Waals surface area contributed by atoms with Crippen molar-refractivity contribution in [3.8, 4) is 0 Å². The number of nitrogens with one attached hydrogen (secondary N) is 1. The van der Waals surface area contributed by atoms with Crippen molar-refractivity contribution in [3.63, 3.8) is 0 Å². The minimum atomic E-state index is 0.711. The van der Waals surface area contributed by atoms with Crippen molar-refractivity contribution in [1.82, 2.24) is 10.2 Å². The molecule has 16 heavy (non-hydrogen) atoms. The minimum absolute atomic E-state index is 0.711. The molecule has 2 rings (SSSR count). The van der Waals surface area contributed by atoms with Gasteiger partial charge >= 0.3 is 0 Å². The van der Waals surface area contributed by atoms with Gasteiger partial charge in [0.05, 0.1) is 0 Å². The fourth-order valence-electron chi connectivity index (χ4n) is 3.06. The molecule has 2 atom stereocenters. The average Bonchev–Trinajstić information content (AvgIpc) is 2.32. The van der Waals surface area contributed by atoms with Gasteiger partial charge in [-0.25, -0.2) is 0 Å². The van der Waals surface area contributed by atoms with Gasteiger partial charge < -0.3 is 16.0 Å². The fraction of sp³-hybridized carbons (Fsp3) is 1.00.